The molecule has 1 rings (SSSR count). The van der Waals surface area contributed by atoms with E-state index in [2.05, 4.69) is 50.1 Å². The van der Waals surface area contributed by atoms with Crippen molar-refractivity contribution >= 4 is 0 Å². The molecule has 0 spiro atoms. The van der Waals surface area contributed by atoms with E-state index in [0.29, 0.717) is 11.5 Å². The normalized spacial score (nSPS) is 13.8. The lowest BCUT2D eigenvalue weighted by molar-refractivity contribution is 0.289. The van der Waals surface area contributed by atoms with E-state index in [-0.39, 0.29) is 0 Å². The molecule has 1 aromatic rings. The van der Waals surface area contributed by atoms with Crippen LogP contribution in [0.5, 0.6) is 0 Å². The van der Waals surface area contributed by atoms with E-state index in [4.69, 9.17) is 0 Å². The van der Waals surface area contributed by atoms with Crippen molar-refractivity contribution in [3.63, 3.8) is 0 Å². The quantitative estimate of drug-likeness (QED) is 0.797. The van der Waals surface area contributed by atoms with Gasteiger partial charge in [-0.05, 0) is 49.4 Å². The molecule has 0 fully saturated rings. The standard InChI is InChI=1S/C14H24N2/c1-5-16-12(2)10-14(3,4)11-13-6-8-15-9-7-13/h6-9,12,16H,5,10-11H2,1-4H3. The van der Waals surface area contributed by atoms with Gasteiger partial charge >= 0.3 is 0 Å². The molecule has 0 bridgehead atoms. The molecule has 16 heavy (non-hydrogen) atoms. The number of aromatic nitrogens is 1. The van der Waals surface area contributed by atoms with Crippen LogP contribution in [-0.4, -0.2) is 17.6 Å². The van der Waals surface area contributed by atoms with E-state index in [1.165, 1.54) is 12.0 Å². The van der Waals surface area contributed by atoms with Gasteiger partial charge in [-0.15, -0.1) is 0 Å². The van der Waals surface area contributed by atoms with Gasteiger partial charge < -0.3 is 5.32 Å². The van der Waals surface area contributed by atoms with Crippen LogP contribution in [-0.2, 0) is 6.42 Å². The molecule has 1 atom stereocenters. The monoisotopic (exact) mass is 220 g/mol. The summed E-state index contributed by atoms with van der Waals surface area (Å²) in [4.78, 5) is 4.05. The van der Waals surface area contributed by atoms with Crippen LogP contribution in [0.15, 0.2) is 24.5 Å². The Balaban J connectivity index is 2.51. The van der Waals surface area contributed by atoms with Crippen molar-refractivity contribution in [1.29, 1.82) is 0 Å². The van der Waals surface area contributed by atoms with E-state index in [9.17, 15) is 0 Å². The maximum Gasteiger partial charge on any atom is 0.0270 e. The first-order valence-corrected chi connectivity index (χ1v) is 6.16. The summed E-state index contributed by atoms with van der Waals surface area (Å²) < 4.78 is 0. The number of rotatable bonds is 6. The molecule has 1 heterocycles. The Morgan fingerprint density at radius 2 is 1.94 bits per heavy atom. The number of nitrogens with zero attached hydrogens (tertiary/aromatic N) is 1. The minimum absolute atomic E-state index is 0.336. The molecule has 0 aromatic carbocycles. The lowest BCUT2D eigenvalue weighted by Gasteiger charge is -2.28. The third-order valence-electron chi connectivity index (χ3n) is 2.84. The average molecular weight is 220 g/mol. The van der Waals surface area contributed by atoms with Crippen LogP contribution in [0.2, 0.25) is 0 Å². The highest BCUT2D eigenvalue weighted by molar-refractivity contribution is 5.11. The van der Waals surface area contributed by atoms with Crippen molar-refractivity contribution in [2.75, 3.05) is 6.54 Å². The Labute approximate surface area is 99.5 Å². The van der Waals surface area contributed by atoms with Gasteiger partial charge in [0, 0.05) is 18.4 Å². The van der Waals surface area contributed by atoms with Gasteiger partial charge in [-0.25, -0.2) is 0 Å². The summed E-state index contributed by atoms with van der Waals surface area (Å²) in [7, 11) is 0. The zero-order chi connectivity index (χ0) is 12.0. The Kier molecular flexibility index (Phi) is 4.94. The average Bonchev–Trinajstić information content (AvgIpc) is 2.17. The fourth-order valence-corrected chi connectivity index (χ4v) is 2.37. The maximum atomic E-state index is 4.05. The van der Waals surface area contributed by atoms with Crippen LogP contribution in [0.25, 0.3) is 0 Å². The molecule has 2 heteroatoms. The highest BCUT2D eigenvalue weighted by Crippen LogP contribution is 2.27. The fraction of sp³-hybridized carbons (Fsp3) is 0.643. The maximum absolute atomic E-state index is 4.05. The van der Waals surface area contributed by atoms with Gasteiger partial charge in [0.25, 0.3) is 0 Å². The number of nitrogens with one attached hydrogen (secondary N) is 1. The molecule has 1 aromatic heterocycles. The molecule has 0 saturated carbocycles. The summed E-state index contributed by atoms with van der Waals surface area (Å²) in [5, 5.41) is 3.48. The van der Waals surface area contributed by atoms with Crippen LogP contribution in [0.3, 0.4) is 0 Å². The van der Waals surface area contributed by atoms with Gasteiger partial charge in [0.05, 0.1) is 0 Å². The van der Waals surface area contributed by atoms with Crippen molar-refractivity contribution in [3.05, 3.63) is 30.1 Å². The summed E-state index contributed by atoms with van der Waals surface area (Å²) >= 11 is 0. The highest BCUT2D eigenvalue weighted by Gasteiger charge is 2.21. The van der Waals surface area contributed by atoms with Crippen LogP contribution in [0.4, 0.5) is 0 Å². The van der Waals surface area contributed by atoms with E-state index in [1.807, 2.05) is 12.4 Å². The minimum Gasteiger partial charge on any atom is -0.315 e. The number of hydrogen-bond acceptors (Lipinski definition) is 2. The van der Waals surface area contributed by atoms with Crippen molar-refractivity contribution in [1.82, 2.24) is 10.3 Å². The molecular formula is C14H24N2. The molecule has 2 nitrogen and oxygen atoms in total. The Morgan fingerprint density at radius 3 is 2.50 bits per heavy atom. The summed E-state index contributed by atoms with van der Waals surface area (Å²) in [5.41, 5.74) is 1.71. The van der Waals surface area contributed by atoms with E-state index in [1.54, 1.807) is 0 Å². The molecule has 90 valence electrons. The second-order valence-electron chi connectivity index (χ2n) is 5.36. The Morgan fingerprint density at radius 1 is 1.31 bits per heavy atom. The smallest absolute Gasteiger partial charge is 0.0270 e. The van der Waals surface area contributed by atoms with Crippen molar-refractivity contribution in [3.8, 4) is 0 Å². The molecular weight excluding hydrogens is 196 g/mol. The van der Waals surface area contributed by atoms with Crippen LogP contribution < -0.4 is 5.32 Å². The third kappa shape index (κ3) is 4.75. The first kappa shape index (κ1) is 13.2. The van der Waals surface area contributed by atoms with Gasteiger partial charge in [0.15, 0.2) is 0 Å². The molecule has 0 radical (unpaired) electrons. The Hall–Kier alpha value is -0.890. The zero-order valence-corrected chi connectivity index (χ0v) is 11.0. The molecule has 0 aliphatic carbocycles. The predicted octanol–water partition coefficient (Wildman–Crippen LogP) is 3.04. The van der Waals surface area contributed by atoms with E-state index < -0.39 is 0 Å². The SMILES string of the molecule is CCNC(C)CC(C)(C)Cc1ccncc1. The highest BCUT2D eigenvalue weighted by atomic mass is 14.9. The van der Waals surface area contributed by atoms with Gasteiger partial charge in [-0.1, -0.05) is 20.8 Å². The van der Waals surface area contributed by atoms with Gasteiger partial charge in [-0.3, -0.25) is 4.98 Å². The first-order chi connectivity index (χ1) is 7.53. The first-order valence-electron chi connectivity index (χ1n) is 6.16. The number of pyridine rings is 1. The zero-order valence-electron chi connectivity index (χ0n) is 11.0. The predicted molar refractivity (Wildman–Crippen MR) is 69.5 cm³/mol. The van der Waals surface area contributed by atoms with Crippen LogP contribution in [0.1, 0.15) is 39.7 Å². The van der Waals surface area contributed by atoms with Gasteiger partial charge in [0.2, 0.25) is 0 Å². The second-order valence-corrected chi connectivity index (χ2v) is 5.36. The lowest BCUT2D eigenvalue weighted by atomic mass is 9.80. The minimum atomic E-state index is 0.336. The second kappa shape index (κ2) is 6.00. The summed E-state index contributed by atoms with van der Waals surface area (Å²) in [6, 6.07) is 4.81. The third-order valence-corrected chi connectivity index (χ3v) is 2.84. The van der Waals surface area contributed by atoms with Crippen molar-refractivity contribution in [2.24, 2.45) is 5.41 Å². The summed E-state index contributed by atoms with van der Waals surface area (Å²) in [5.74, 6) is 0. The molecule has 0 aliphatic heterocycles. The molecule has 0 amide bonds. The molecule has 0 saturated heterocycles. The lowest BCUT2D eigenvalue weighted by Crippen LogP contribution is -2.32. The summed E-state index contributed by atoms with van der Waals surface area (Å²) in [6.45, 7) is 10.1. The largest absolute Gasteiger partial charge is 0.315 e. The van der Waals surface area contributed by atoms with Gasteiger partial charge in [-0.2, -0.15) is 0 Å². The molecule has 1 unspecified atom stereocenters. The van der Waals surface area contributed by atoms with E-state index in [0.717, 1.165) is 13.0 Å². The molecule has 1 N–H and O–H groups in total. The topological polar surface area (TPSA) is 24.9 Å². The van der Waals surface area contributed by atoms with Gasteiger partial charge in [0.1, 0.15) is 0 Å². The Bertz CT molecular complexity index is 293. The van der Waals surface area contributed by atoms with Crippen molar-refractivity contribution < 1.29 is 0 Å². The van der Waals surface area contributed by atoms with Crippen LogP contribution >= 0.6 is 0 Å². The van der Waals surface area contributed by atoms with Crippen molar-refractivity contribution in [2.45, 2.75) is 46.6 Å². The fourth-order valence-electron chi connectivity index (χ4n) is 2.37. The van der Waals surface area contributed by atoms with E-state index >= 15 is 0 Å². The van der Waals surface area contributed by atoms with Crippen LogP contribution in [0, 0.1) is 5.41 Å². The molecule has 0 aliphatic rings. The number of hydrogen-bond donors (Lipinski definition) is 1. The summed E-state index contributed by atoms with van der Waals surface area (Å²) in [6.07, 6.45) is 6.06.